The SMILES string of the molecule is CCCCC1=C(C=C2C(=O)C(C=C3N(C)c4cc5c(cc4C3(C)C)C(C)(C)C(=CC3=C(O)C(=CC4=C(CCCC)c6ccc(COO)cc6C4(C)C)C3=O)N5C)=C2O)C(C)(C)c2cc(COO)ccc21. The van der Waals surface area contributed by atoms with Gasteiger partial charge >= 0.3 is 0 Å². The summed E-state index contributed by atoms with van der Waals surface area (Å²) in [6, 6.07) is 16.6. The van der Waals surface area contributed by atoms with Gasteiger partial charge in [-0.25, -0.2) is 9.78 Å². The second kappa shape index (κ2) is 17.4. The Labute approximate surface area is 412 Å². The maximum atomic E-state index is 14.1. The molecule has 3 aromatic rings. The van der Waals surface area contributed by atoms with Crippen LogP contribution in [-0.2, 0) is 54.2 Å². The molecule has 9 rings (SSSR count). The molecule has 0 saturated carbocycles. The highest BCUT2D eigenvalue weighted by molar-refractivity contribution is 6.22. The van der Waals surface area contributed by atoms with Gasteiger partial charge in [0.2, 0.25) is 11.6 Å². The predicted molar refractivity (Wildman–Crippen MR) is 278 cm³/mol. The van der Waals surface area contributed by atoms with Crippen LogP contribution in [0.4, 0.5) is 11.4 Å². The molecule has 0 bridgehead atoms. The van der Waals surface area contributed by atoms with Gasteiger partial charge in [0.15, 0.2) is 0 Å². The van der Waals surface area contributed by atoms with E-state index in [1.54, 1.807) is 0 Å². The van der Waals surface area contributed by atoms with E-state index in [4.69, 9.17) is 10.5 Å². The third-order valence-electron chi connectivity index (χ3n) is 16.5. The Morgan fingerprint density at radius 2 is 0.914 bits per heavy atom. The van der Waals surface area contributed by atoms with Gasteiger partial charge in [0, 0.05) is 58.5 Å². The highest BCUT2D eigenvalue weighted by Crippen LogP contribution is 2.57. The van der Waals surface area contributed by atoms with Crippen LogP contribution in [0.15, 0.2) is 129 Å². The van der Waals surface area contributed by atoms with Crippen molar-refractivity contribution < 1.29 is 40.1 Å². The minimum Gasteiger partial charge on any atom is -0.506 e. The fraction of sp³-hybridized carbons (Fsp3) is 0.400. The zero-order valence-corrected chi connectivity index (χ0v) is 42.9. The van der Waals surface area contributed by atoms with E-state index >= 15 is 0 Å². The molecule has 0 radical (unpaired) electrons. The van der Waals surface area contributed by atoms with Gasteiger partial charge < -0.3 is 20.0 Å². The summed E-state index contributed by atoms with van der Waals surface area (Å²) < 4.78 is 0. The topological polar surface area (TPSA) is 140 Å². The van der Waals surface area contributed by atoms with Crippen molar-refractivity contribution in [3.05, 3.63) is 174 Å². The zero-order valence-electron chi connectivity index (χ0n) is 42.9. The molecule has 4 N–H and O–H groups in total. The first-order valence-corrected chi connectivity index (χ1v) is 24.9. The number of fused-ring (bicyclic) bond motifs is 4. The molecule has 0 saturated heterocycles. The molecular formula is C60H68N2O8. The van der Waals surface area contributed by atoms with E-state index in [-0.39, 0.29) is 36.3 Å². The number of anilines is 2. The number of nitrogens with zero attached hydrogens (tertiary/aromatic N) is 2. The van der Waals surface area contributed by atoms with E-state index in [0.29, 0.717) is 22.3 Å². The molecule has 0 fully saturated rings. The number of rotatable bonds is 14. The number of unbranched alkanes of at least 4 members (excludes halogenated alkanes) is 2. The monoisotopic (exact) mass is 944 g/mol. The molecule has 3 aromatic carbocycles. The molecule has 70 heavy (non-hydrogen) atoms. The Morgan fingerprint density at radius 3 is 1.26 bits per heavy atom. The minimum absolute atomic E-state index is 0.00515. The number of carbonyl (C=O) groups excluding carboxylic acids is 2. The first kappa shape index (κ1) is 49.0. The second-order valence-electron chi connectivity index (χ2n) is 22.2. The zero-order chi connectivity index (χ0) is 50.6. The summed E-state index contributed by atoms with van der Waals surface area (Å²) in [6.45, 7) is 21.6. The normalized spacial score (nSPS) is 22.6. The minimum atomic E-state index is -0.537. The molecule has 2 heterocycles. The molecule has 4 aliphatic carbocycles. The number of ketones is 2. The van der Waals surface area contributed by atoms with Crippen LogP contribution in [0.1, 0.15) is 152 Å². The molecule has 6 aliphatic rings. The predicted octanol–water partition coefficient (Wildman–Crippen LogP) is 13.4. The average Bonchev–Trinajstić information content (AvgIpc) is 3.82. The summed E-state index contributed by atoms with van der Waals surface area (Å²) in [7, 11) is 4.00. The number of likely N-dealkylation sites (N-methyl/N-ethyl adjacent to an activating group) is 2. The number of aliphatic hydroxyl groups excluding tert-OH is 2. The van der Waals surface area contributed by atoms with Crippen molar-refractivity contribution in [3.63, 3.8) is 0 Å². The number of hydrogen-bond acceptors (Lipinski definition) is 10. The standard InChI is InChI=1S/C60H68N2O8/c1-13-15-17-35-37-21-19-33(31-69-67)23-43(37)57(3,4)45(35)25-39-53(63)41(54(39)64)27-51-59(7,8)47-29-48-50(30-49(47)61(51)11)62(12)52(60(48,9)10)28-42-55(65)40(56(42)66)26-46-36(18-16-14-2)38-22-20-34(32-70-68)24-44(38)58(46,5)6/h19-30,63,65,67-68H,13-18,31-32H2,1-12H3. The summed E-state index contributed by atoms with van der Waals surface area (Å²) in [5.41, 5.74) is 15.8. The van der Waals surface area contributed by atoms with Crippen molar-refractivity contribution >= 4 is 34.1 Å². The Bertz CT molecular complexity index is 2870. The fourth-order valence-corrected chi connectivity index (χ4v) is 12.2. The summed E-state index contributed by atoms with van der Waals surface area (Å²) in [5, 5.41) is 41.7. The molecule has 0 amide bonds. The fourth-order valence-electron chi connectivity index (χ4n) is 12.2. The summed E-state index contributed by atoms with van der Waals surface area (Å²) >= 11 is 0. The highest BCUT2D eigenvalue weighted by atomic mass is 17.1. The van der Waals surface area contributed by atoms with Crippen LogP contribution in [0.25, 0.3) is 11.1 Å². The lowest BCUT2D eigenvalue weighted by Gasteiger charge is -2.29. The van der Waals surface area contributed by atoms with Crippen LogP contribution in [0.3, 0.4) is 0 Å². The molecule has 366 valence electrons. The highest BCUT2D eigenvalue weighted by Gasteiger charge is 2.48. The lowest BCUT2D eigenvalue weighted by molar-refractivity contribution is -0.253. The number of aliphatic hydroxyl groups is 2. The quantitative estimate of drug-likeness (QED) is 0.0701. The smallest absolute Gasteiger partial charge is 0.200 e. The first-order chi connectivity index (χ1) is 33.1. The van der Waals surface area contributed by atoms with Crippen LogP contribution in [0.2, 0.25) is 0 Å². The van der Waals surface area contributed by atoms with Crippen molar-refractivity contribution in [2.24, 2.45) is 0 Å². The number of carbonyl (C=O) groups is 2. The maximum absolute atomic E-state index is 14.1. The molecular weight excluding hydrogens is 877 g/mol. The van der Waals surface area contributed by atoms with Crippen LogP contribution >= 0.6 is 0 Å². The summed E-state index contributed by atoms with van der Waals surface area (Å²) in [5.74, 6) is -0.396. The number of benzene rings is 3. The molecule has 0 aromatic heterocycles. The van der Waals surface area contributed by atoms with Crippen LogP contribution in [0.5, 0.6) is 0 Å². The first-order valence-electron chi connectivity index (χ1n) is 24.9. The van der Waals surface area contributed by atoms with Crippen LogP contribution < -0.4 is 9.80 Å². The van der Waals surface area contributed by atoms with Gasteiger partial charge in [-0.3, -0.25) is 20.1 Å². The number of hydrogen-bond donors (Lipinski definition) is 4. The Kier molecular flexibility index (Phi) is 12.1. The van der Waals surface area contributed by atoms with E-state index in [9.17, 15) is 19.8 Å². The van der Waals surface area contributed by atoms with E-state index < -0.39 is 21.7 Å². The molecule has 0 unspecified atom stereocenters. The van der Waals surface area contributed by atoms with Crippen molar-refractivity contribution in [1.82, 2.24) is 0 Å². The Morgan fingerprint density at radius 1 is 0.529 bits per heavy atom. The van der Waals surface area contributed by atoms with E-state index in [0.717, 1.165) is 117 Å². The molecule has 10 heteroatoms. The maximum Gasteiger partial charge on any atom is 0.200 e. The molecule has 0 spiro atoms. The van der Waals surface area contributed by atoms with Gasteiger partial charge in [-0.05, 0) is 129 Å². The van der Waals surface area contributed by atoms with Crippen molar-refractivity contribution in [3.8, 4) is 0 Å². The van der Waals surface area contributed by atoms with Gasteiger partial charge in [0.05, 0.1) is 22.3 Å². The van der Waals surface area contributed by atoms with Gasteiger partial charge in [-0.2, -0.15) is 0 Å². The van der Waals surface area contributed by atoms with E-state index in [2.05, 4.69) is 125 Å². The lowest BCUT2D eigenvalue weighted by Crippen LogP contribution is -2.28. The Hall–Kier alpha value is -6.04. The largest absolute Gasteiger partial charge is 0.506 e. The van der Waals surface area contributed by atoms with E-state index in [1.807, 2.05) is 50.5 Å². The van der Waals surface area contributed by atoms with Crippen LogP contribution in [-0.4, -0.2) is 46.4 Å². The summed E-state index contributed by atoms with van der Waals surface area (Å²) in [6.07, 6.45) is 13.2. The lowest BCUT2D eigenvalue weighted by atomic mass is 9.75. The van der Waals surface area contributed by atoms with Gasteiger partial charge in [0.25, 0.3) is 0 Å². The molecule has 0 atom stereocenters. The van der Waals surface area contributed by atoms with Crippen molar-refractivity contribution in [1.29, 1.82) is 0 Å². The summed E-state index contributed by atoms with van der Waals surface area (Å²) in [4.78, 5) is 41.4. The van der Waals surface area contributed by atoms with Gasteiger partial charge in [-0.15, -0.1) is 0 Å². The van der Waals surface area contributed by atoms with Crippen molar-refractivity contribution in [2.45, 2.75) is 143 Å². The molecule has 10 nitrogen and oxygen atoms in total. The molecule has 2 aliphatic heterocycles. The van der Waals surface area contributed by atoms with Crippen molar-refractivity contribution in [2.75, 3.05) is 23.9 Å². The number of allylic oxidation sites excluding steroid dienone is 14. The van der Waals surface area contributed by atoms with Gasteiger partial charge in [0.1, 0.15) is 24.7 Å². The average molecular weight is 945 g/mol. The van der Waals surface area contributed by atoms with Gasteiger partial charge in [-0.1, -0.05) is 118 Å². The third-order valence-corrected chi connectivity index (χ3v) is 16.5. The second-order valence-corrected chi connectivity index (χ2v) is 22.2. The van der Waals surface area contributed by atoms with E-state index in [1.165, 1.54) is 11.1 Å². The third kappa shape index (κ3) is 7.27. The van der Waals surface area contributed by atoms with Crippen LogP contribution in [0, 0.1) is 0 Å². The number of Topliss-reactive ketones (excluding diaryl/α,β-unsaturated/α-hetero) is 2. The Balaban J connectivity index is 1.01.